The number of carbonyl (C=O) groups excluding carboxylic acids is 1. The Hall–Kier alpha value is -3.16. The van der Waals surface area contributed by atoms with Crippen LogP contribution in [0.15, 0.2) is 36.9 Å². The highest BCUT2D eigenvalue weighted by Gasteiger charge is 2.58. The van der Waals surface area contributed by atoms with Crippen LogP contribution >= 0.6 is 12.4 Å². The molecule has 1 N–H and O–H groups in total. The number of rotatable bonds is 9. The summed E-state index contributed by atoms with van der Waals surface area (Å²) in [4.78, 5) is 21.2. The van der Waals surface area contributed by atoms with E-state index in [0.29, 0.717) is 30.7 Å². The zero-order valence-electron chi connectivity index (χ0n) is 23.4. The highest BCUT2D eigenvalue weighted by Crippen LogP contribution is 2.53. The molecule has 0 spiro atoms. The maximum absolute atomic E-state index is 15.1. The van der Waals surface area contributed by atoms with Crippen molar-refractivity contribution in [2.24, 2.45) is 17.8 Å². The van der Waals surface area contributed by atoms with E-state index in [1.165, 1.54) is 38.1 Å². The smallest absolute Gasteiger partial charge is 0.371 e. The van der Waals surface area contributed by atoms with Crippen LogP contribution in [0.2, 0.25) is 0 Å². The second kappa shape index (κ2) is 11.0. The standard InChI is InChI=1S/C30H29F6N5O2.ClH/c31-19-7-23(32)27(24(33)8-19)29(43)26-22(30(34,35)36)9-21(41-15-37-14-38-41)10-25(26)40(28(29)42)13-18-5-20(6-18)39(11-16-1-2-16)12-17-3-4-17;/h7-10,14-18,20,43H,1-6,11-13H2;1H. The summed E-state index contributed by atoms with van der Waals surface area (Å²) in [6.45, 7) is 1.96. The molecule has 14 heteroatoms. The third-order valence-electron chi connectivity index (χ3n) is 9.21. The number of aromatic nitrogens is 3. The molecule has 3 saturated carbocycles. The molecule has 1 amide bonds. The van der Waals surface area contributed by atoms with Crippen LogP contribution in [-0.4, -0.2) is 56.4 Å². The normalized spacial score (nSPS) is 24.8. The number of hydrogen-bond acceptors (Lipinski definition) is 5. The van der Waals surface area contributed by atoms with Crippen molar-refractivity contribution in [3.8, 4) is 5.69 Å². The molecule has 4 aliphatic rings. The van der Waals surface area contributed by atoms with Gasteiger partial charge in [-0.2, -0.15) is 18.3 Å². The predicted molar refractivity (Wildman–Crippen MR) is 149 cm³/mol. The Bertz CT molecular complexity index is 1540. The SMILES string of the molecule is Cl.O=C1N(CC2CC(N(CC3CC3)CC3CC3)C2)c2cc(-n3cncn3)cc(C(F)(F)F)c2C1(O)c1c(F)cc(F)cc1F. The van der Waals surface area contributed by atoms with Crippen LogP contribution in [-0.2, 0) is 16.6 Å². The fraction of sp³-hybridized carbons (Fsp3) is 0.500. The topological polar surface area (TPSA) is 74.5 Å². The second-order valence-electron chi connectivity index (χ2n) is 12.4. The summed E-state index contributed by atoms with van der Waals surface area (Å²) in [5.74, 6) is -4.75. The van der Waals surface area contributed by atoms with Crippen molar-refractivity contribution in [2.45, 2.75) is 56.3 Å². The Balaban J connectivity index is 0.00000343. The quantitative estimate of drug-likeness (QED) is 0.308. The van der Waals surface area contributed by atoms with Gasteiger partial charge < -0.3 is 10.0 Å². The van der Waals surface area contributed by atoms with E-state index in [4.69, 9.17) is 0 Å². The molecule has 1 aromatic heterocycles. The summed E-state index contributed by atoms with van der Waals surface area (Å²) in [5.41, 5.74) is -7.67. The van der Waals surface area contributed by atoms with Gasteiger partial charge in [0.05, 0.1) is 22.5 Å². The van der Waals surface area contributed by atoms with Crippen LogP contribution in [0.5, 0.6) is 0 Å². The minimum atomic E-state index is -5.15. The van der Waals surface area contributed by atoms with Crippen LogP contribution in [0.1, 0.15) is 55.2 Å². The molecule has 0 bridgehead atoms. The van der Waals surface area contributed by atoms with Crippen molar-refractivity contribution >= 4 is 24.0 Å². The highest BCUT2D eigenvalue weighted by atomic mass is 35.5. The number of carbonyl (C=O) groups is 1. The Labute approximate surface area is 255 Å². The lowest BCUT2D eigenvalue weighted by molar-refractivity contribution is -0.142. The van der Waals surface area contributed by atoms with E-state index in [0.717, 1.165) is 29.0 Å². The molecule has 7 nitrogen and oxygen atoms in total. The fourth-order valence-corrected chi connectivity index (χ4v) is 6.66. The number of amides is 1. The molecule has 7 rings (SSSR count). The Morgan fingerprint density at radius 2 is 1.55 bits per heavy atom. The number of fused-ring (bicyclic) bond motifs is 1. The number of aliphatic hydroxyl groups is 1. The maximum Gasteiger partial charge on any atom is 0.416 e. The molecule has 2 heterocycles. The van der Waals surface area contributed by atoms with E-state index >= 15 is 8.78 Å². The Morgan fingerprint density at radius 1 is 0.932 bits per heavy atom. The lowest BCUT2D eigenvalue weighted by atomic mass is 9.78. The number of alkyl halides is 3. The van der Waals surface area contributed by atoms with Crippen molar-refractivity contribution in [2.75, 3.05) is 24.5 Å². The van der Waals surface area contributed by atoms with Crippen LogP contribution in [0.4, 0.5) is 32.0 Å². The molecule has 3 fully saturated rings. The largest absolute Gasteiger partial charge is 0.416 e. The van der Waals surface area contributed by atoms with Crippen molar-refractivity contribution in [1.82, 2.24) is 19.7 Å². The van der Waals surface area contributed by atoms with E-state index in [2.05, 4.69) is 15.0 Å². The van der Waals surface area contributed by atoms with Crippen molar-refractivity contribution in [3.05, 3.63) is 71.1 Å². The third-order valence-corrected chi connectivity index (χ3v) is 9.21. The van der Waals surface area contributed by atoms with Gasteiger partial charge in [0, 0.05) is 43.4 Å². The van der Waals surface area contributed by atoms with Crippen molar-refractivity contribution < 1.29 is 36.2 Å². The van der Waals surface area contributed by atoms with Crippen molar-refractivity contribution in [1.29, 1.82) is 0 Å². The number of nitrogens with zero attached hydrogens (tertiary/aromatic N) is 5. The van der Waals surface area contributed by atoms with Gasteiger partial charge in [0.1, 0.15) is 30.1 Å². The average Bonchev–Trinajstić information content (AvgIpc) is 3.83. The zero-order chi connectivity index (χ0) is 30.3. The van der Waals surface area contributed by atoms with E-state index in [1.807, 2.05) is 0 Å². The summed E-state index contributed by atoms with van der Waals surface area (Å²) >= 11 is 0. The highest BCUT2D eigenvalue weighted by molar-refractivity contribution is 6.10. The first-order chi connectivity index (χ1) is 20.4. The number of anilines is 1. The lowest BCUT2D eigenvalue weighted by Gasteiger charge is -2.44. The molecular weight excluding hydrogens is 612 g/mol. The van der Waals surface area contributed by atoms with Gasteiger partial charge in [-0.1, -0.05) is 0 Å². The summed E-state index contributed by atoms with van der Waals surface area (Å²) in [6, 6.07) is 2.60. The van der Waals surface area contributed by atoms with Gasteiger partial charge in [0.2, 0.25) is 5.60 Å². The molecule has 1 atom stereocenters. The van der Waals surface area contributed by atoms with Gasteiger partial charge in [-0.3, -0.25) is 9.69 Å². The molecule has 1 unspecified atom stereocenters. The van der Waals surface area contributed by atoms with Gasteiger partial charge >= 0.3 is 6.18 Å². The Kier molecular flexibility index (Phi) is 7.73. The van der Waals surface area contributed by atoms with Crippen LogP contribution in [0.3, 0.4) is 0 Å². The summed E-state index contributed by atoms with van der Waals surface area (Å²) in [7, 11) is 0. The Morgan fingerprint density at radius 3 is 2.07 bits per heavy atom. The number of hydrogen-bond donors (Lipinski definition) is 1. The van der Waals surface area contributed by atoms with Gasteiger partial charge in [0.25, 0.3) is 5.91 Å². The van der Waals surface area contributed by atoms with Crippen LogP contribution in [0, 0.1) is 35.2 Å². The molecule has 0 saturated heterocycles. The molecule has 0 radical (unpaired) electrons. The molecule has 2 aromatic carbocycles. The first kappa shape index (κ1) is 30.8. The minimum Gasteiger partial charge on any atom is -0.371 e. The average molecular weight is 642 g/mol. The lowest BCUT2D eigenvalue weighted by Crippen LogP contribution is -2.51. The molecule has 3 aromatic rings. The van der Waals surface area contributed by atoms with E-state index in [1.54, 1.807) is 0 Å². The fourth-order valence-electron chi connectivity index (χ4n) is 6.66. The van der Waals surface area contributed by atoms with E-state index in [-0.39, 0.29) is 54.4 Å². The summed E-state index contributed by atoms with van der Waals surface area (Å²) < 4.78 is 88.9. The first-order valence-corrected chi connectivity index (χ1v) is 14.5. The minimum absolute atomic E-state index is 0. The van der Waals surface area contributed by atoms with Crippen LogP contribution in [0.25, 0.3) is 5.69 Å². The van der Waals surface area contributed by atoms with Crippen LogP contribution < -0.4 is 4.90 Å². The van der Waals surface area contributed by atoms with Gasteiger partial charge in [-0.05, 0) is 68.4 Å². The molecule has 44 heavy (non-hydrogen) atoms. The predicted octanol–water partition coefficient (Wildman–Crippen LogP) is 5.61. The van der Waals surface area contributed by atoms with Gasteiger partial charge in [0.15, 0.2) is 0 Å². The summed E-state index contributed by atoms with van der Waals surface area (Å²) in [6.07, 6.45) is 3.37. The molecule has 1 aliphatic heterocycles. The van der Waals surface area contributed by atoms with Crippen molar-refractivity contribution in [3.63, 3.8) is 0 Å². The second-order valence-corrected chi connectivity index (χ2v) is 12.4. The molecule has 3 aliphatic carbocycles. The zero-order valence-corrected chi connectivity index (χ0v) is 24.2. The van der Waals surface area contributed by atoms with E-state index < -0.39 is 51.8 Å². The van der Waals surface area contributed by atoms with Gasteiger partial charge in [-0.15, -0.1) is 12.4 Å². The maximum atomic E-state index is 15.1. The third kappa shape index (κ3) is 5.36. The molecular formula is C30H30ClF6N5O2. The number of benzene rings is 2. The summed E-state index contributed by atoms with van der Waals surface area (Å²) in [5, 5.41) is 15.7. The number of halogens is 7. The molecule has 236 valence electrons. The monoisotopic (exact) mass is 641 g/mol. The first-order valence-electron chi connectivity index (χ1n) is 14.5. The van der Waals surface area contributed by atoms with Gasteiger partial charge in [-0.25, -0.2) is 22.8 Å². The van der Waals surface area contributed by atoms with E-state index in [9.17, 15) is 27.5 Å².